The van der Waals surface area contributed by atoms with E-state index >= 15 is 0 Å². The summed E-state index contributed by atoms with van der Waals surface area (Å²) in [5.74, 6) is -0.176. The second kappa shape index (κ2) is 45.1. The van der Waals surface area contributed by atoms with Gasteiger partial charge in [-0.2, -0.15) is 0 Å². The van der Waals surface area contributed by atoms with Crippen LogP contribution in [-0.4, -0.2) is 73.4 Å². The Hall–Kier alpha value is -1.02. The first kappa shape index (κ1) is 61.0. The molecule has 0 fully saturated rings. The highest BCUT2D eigenvalue weighted by atomic mass is 31.2. The smallest absolute Gasteiger partial charge is 0.387 e. The Morgan fingerprint density at radius 2 is 0.871 bits per heavy atom. The fourth-order valence-electron chi connectivity index (χ4n) is 7.92. The summed E-state index contributed by atoms with van der Waals surface area (Å²) in [6.07, 6.45) is 55.5. The Morgan fingerprint density at radius 3 is 1.24 bits per heavy atom. The Kier molecular flexibility index (Phi) is 44.4. The van der Waals surface area contributed by atoms with Gasteiger partial charge >= 0.3 is 7.82 Å². The standard InChI is InChI=1S/C53H105N2O6P/c1-6-8-10-12-14-16-18-20-22-23-24-25-26-27-28-29-30-31-33-35-37-39-41-43-45-47-53(57)54-51(50-61-62(58,59)60-49-48-55(3,4)5)52(56)46-44-42-40-38-36-34-32-21-19-17-15-13-11-9-7-2/h27-28,44,46,51-52,56H,6-26,29-43,45,47-50H2,1-5H3,(H-,54,57,58,59)/p+1/b28-27-,46-44+. The van der Waals surface area contributed by atoms with E-state index in [0.29, 0.717) is 17.4 Å². The zero-order valence-corrected chi connectivity index (χ0v) is 42.8. The highest BCUT2D eigenvalue weighted by molar-refractivity contribution is 7.47. The van der Waals surface area contributed by atoms with E-state index in [0.717, 1.165) is 38.5 Å². The van der Waals surface area contributed by atoms with Gasteiger partial charge in [0.15, 0.2) is 0 Å². The maximum absolute atomic E-state index is 12.9. The molecule has 9 heteroatoms. The molecule has 0 aromatic carbocycles. The lowest BCUT2D eigenvalue weighted by atomic mass is 10.0. The van der Waals surface area contributed by atoms with Crippen molar-refractivity contribution in [2.75, 3.05) is 40.9 Å². The van der Waals surface area contributed by atoms with Crippen LogP contribution >= 0.6 is 7.82 Å². The molecule has 1 amide bonds. The third kappa shape index (κ3) is 47.0. The number of phosphoric acid groups is 1. The number of hydrogen-bond acceptors (Lipinski definition) is 5. The third-order valence-corrected chi connectivity index (χ3v) is 13.1. The van der Waals surface area contributed by atoms with Crippen molar-refractivity contribution in [3.63, 3.8) is 0 Å². The number of aliphatic hydroxyl groups is 1. The van der Waals surface area contributed by atoms with Crippen LogP contribution in [0.2, 0.25) is 0 Å². The summed E-state index contributed by atoms with van der Waals surface area (Å²) < 4.78 is 23.6. The van der Waals surface area contributed by atoms with E-state index in [1.807, 2.05) is 27.2 Å². The van der Waals surface area contributed by atoms with Gasteiger partial charge in [-0.05, 0) is 44.9 Å². The van der Waals surface area contributed by atoms with Gasteiger partial charge in [0.05, 0.1) is 39.9 Å². The summed E-state index contributed by atoms with van der Waals surface area (Å²) >= 11 is 0. The van der Waals surface area contributed by atoms with Crippen LogP contribution in [0.15, 0.2) is 24.3 Å². The van der Waals surface area contributed by atoms with Crippen LogP contribution in [0.3, 0.4) is 0 Å². The fraction of sp³-hybridized carbons (Fsp3) is 0.906. The Labute approximate surface area is 385 Å². The lowest BCUT2D eigenvalue weighted by Crippen LogP contribution is -2.45. The molecule has 3 N–H and O–H groups in total. The Bertz CT molecular complexity index is 1060. The average molecular weight is 898 g/mol. The van der Waals surface area contributed by atoms with E-state index in [1.54, 1.807) is 6.08 Å². The number of nitrogens with zero attached hydrogens (tertiary/aromatic N) is 1. The van der Waals surface area contributed by atoms with Crippen LogP contribution in [0.1, 0.15) is 258 Å². The summed E-state index contributed by atoms with van der Waals surface area (Å²) in [5.41, 5.74) is 0. The minimum absolute atomic E-state index is 0.0626. The van der Waals surface area contributed by atoms with Crippen LogP contribution in [0, 0.1) is 0 Å². The first-order valence-electron chi connectivity index (χ1n) is 26.7. The number of carbonyl (C=O) groups is 1. The van der Waals surface area contributed by atoms with Gasteiger partial charge in [-0.15, -0.1) is 0 Å². The highest BCUT2D eigenvalue weighted by Gasteiger charge is 2.27. The molecule has 0 spiro atoms. The number of rotatable bonds is 49. The number of unbranched alkanes of at least 4 members (excludes halogenated alkanes) is 34. The number of phosphoric ester groups is 1. The van der Waals surface area contributed by atoms with Crippen molar-refractivity contribution < 1.29 is 32.9 Å². The summed E-state index contributed by atoms with van der Waals surface area (Å²) in [4.78, 5) is 23.2. The summed E-state index contributed by atoms with van der Waals surface area (Å²) in [6, 6.07) is -0.845. The molecular weight excluding hydrogens is 792 g/mol. The lowest BCUT2D eigenvalue weighted by Gasteiger charge is -2.25. The molecule has 0 aromatic heterocycles. The molecule has 368 valence electrons. The van der Waals surface area contributed by atoms with E-state index in [9.17, 15) is 19.4 Å². The summed E-state index contributed by atoms with van der Waals surface area (Å²) in [7, 11) is 1.58. The number of carbonyl (C=O) groups excluding carboxylic acids is 1. The van der Waals surface area contributed by atoms with Crippen LogP contribution in [0.25, 0.3) is 0 Å². The fourth-order valence-corrected chi connectivity index (χ4v) is 8.66. The van der Waals surface area contributed by atoms with Crippen molar-refractivity contribution in [2.24, 2.45) is 0 Å². The van der Waals surface area contributed by atoms with E-state index in [1.165, 1.54) is 199 Å². The normalized spacial score (nSPS) is 14.2. The molecule has 3 atom stereocenters. The topological polar surface area (TPSA) is 105 Å². The molecule has 0 aliphatic heterocycles. The van der Waals surface area contributed by atoms with Gasteiger partial charge in [0, 0.05) is 6.42 Å². The molecule has 3 unspecified atom stereocenters. The number of aliphatic hydroxyl groups excluding tert-OH is 1. The zero-order chi connectivity index (χ0) is 45.7. The maximum Gasteiger partial charge on any atom is 0.472 e. The molecule has 0 aliphatic rings. The van der Waals surface area contributed by atoms with Gasteiger partial charge in [0.2, 0.25) is 5.91 Å². The van der Waals surface area contributed by atoms with E-state index in [-0.39, 0.29) is 19.1 Å². The van der Waals surface area contributed by atoms with Crippen LogP contribution in [-0.2, 0) is 18.4 Å². The van der Waals surface area contributed by atoms with Crippen molar-refractivity contribution >= 4 is 13.7 Å². The molecule has 0 rings (SSSR count). The molecule has 62 heavy (non-hydrogen) atoms. The van der Waals surface area contributed by atoms with Crippen molar-refractivity contribution in [3.05, 3.63) is 24.3 Å². The Morgan fingerprint density at radius 1 is 0.532 bits per heavy atom. The van der Waals surface area contributed by atoms with Gasteiger partial charge in [-0.25, -0.2) is 4.57 Å². The largest absolute Gasteiger partial charge is 0.472 e. The first-order chi connectivity index (χ1) is 30.0. The molecule has 0 heterocycles. The molecule has 8 nitrogen and oxygen atoms in total. The number of quaternary nitrogens is 1. The number of nitrogens with one attached hydrogen (secondary N) is 1. The predicted octanol–water partition coefficient (Wildman–Crippen LogP) is 15.6. The molecule has 0 aliphatic carbocycles. The molecule has 0 saturated carbocycles. The van der Waals surface area contributed by atoms with Crippen LogP contribution in [0.5, 0.6) is 0 Å². The quantitative estimate of drug-likeness (QED) is 0.0243. The average Bonchev–Trinajstić information content (AvgIpc) is 3.23. The van der Waals surface area contributed by atoms with E-state index < -0.39 is 20.0 Å². The highest BCUT2D eigenvalue weighted by Crippen LogP contribution is 2.43. The van der Waals surface area contributed by atoms with Crippen LogP contribution in [0.4, 0.5) is 0 Å². The number of likely N-dealkylation sites (N-methyl/N-ethyl adjacent to an activating group) is 1. The SMILES string of the molecule is CCCCCCCCCCCCCC/C=C\CCCCCCCCCCCC(=O)NC(COP(=O)(O)OCC[N+](C)(C)C)C(O)/C=C/CCCCCCCCCCCCCCC. The Balaban J connectivity index is 4.20. The predicted molar refractivity (Wildman–Crippen MR) is 268 cm³/mol. The molecule has 0 radical (unpaired) electrons. The van der Waals surface area contributed by atoms with E-state index in [4.69, 9.17) is 9.05 Å². The molecule has 0 saturated heterocycles. The number of allylic oxidation sites excluding steroid dienone is 3. The number of hydrogen-bond donors (Lipinski definition) is 3. The zero-order valence-electron chi connectivity index (χ0n) is 41.9. The number of amides is 1. The lowest BCUT2D eigenvalue weighted by molar-refractivity contribution is -0.870. The van der Waals surface area contributed by atoms with Crippen LogP contribution < -0.4 is 5.32 Å². The minimum atomic E-state index is -4.34. The van der Waals surface area contributed by atoms with Crippen molar-refractivity contribution in [2.45, 2.75) is 270 Å². The van der Waals surface area contributed by atoms with E-state index in [2.05, 4.69) is 31.3 Å². The minimum Gasteiger partial charge on any atom is -0.387 e. The van der Waals surface area contributed by atoms with Crippen molar-refractivity contribution in [1.29, 1.82) is 0 Å². The van der Waals surface area contributed by atoms with Gasteiger partial charge < -0.3 is 19.8 Å². The van der Waals surface area contributed by atoms with Crippen molar-refractivity contribution in [1.82, 2.24) is 5.32 Å². The van der Waals surface area contributed by atoms with Gasteiger partial charge in [0.25, 0.3) is 0 Å². The first-order valence-corrected chi connectivity index (χ1v) is 28.2. The van der Waals surface area contributed by atoms with Gasteiger partial charge in [-0.3, -0.25) is 13.8 Å². The summed E-state index contributed by atoms with van der Waals surface area (Å²) in [5, 5.41) is 13.9. The summed E-state index contributed by atoms with van der Waals surface area (Å²) in [6.45, 7) is 4.84. The maximum atomic E-state index is 12.9. The van der Waals surface area contributed by atoms with Gasteiger partial charge in [-0.1, -0.05) is 231 Å². The third-order valence-electron chi connectivity index (χ3n) is 12.2. The molecular formula is C53H106N2O6P+. The molecule has 0 bridgehead atoms. The monoisotopic (exact) mass is 898 g/mol. The second-order valence-electron chi connectivity index (χ2n) is 19.6. The van der Waals surface area contributed by atoms with Crippen molar-refractivity contribution in [3.8, 4) is 0 Å². The molecule has 0 aromatic rings. The second-order valence-corrected chi connectivity index (χ2v) is 21.1. The van der Waals surface area contributed by atoms with Gasteiger partial charge in [0.1, 0.15) is 13.2 Å².